The first kappa shape index (κ1) is 21.0. The average molecular weight is 425 g/mol. The number of rotatable bonds is 6. The van der Waals surface area contributed by atoms with Gasteiger partial charge in [-0.05, 0) is 43.0 Å². The van der Waals surface area contributed by atoms with Crippen molar-refractivity contribution in [1.29, 1.82) is 0 Å². The summed E-state index contributed by atoms with van der Waals surface area (Å²) in [5.74, 6) is 0.615. The quantitative estimate of drug-likeness (QED) is 0.322. The van der Waals surface area contributed by atoms with E-state index in [0.717, 1.165) is 15.7 Å². The molecule has 0 atom stereocenters. The molecule has 0 aliphatic rings. The monoisotopic (exact) mass is 424 g/mol. The van der Waals surface area contributed by atoms with E-state index in [1.165, 1.54) is 16.5 Å². The van der Waals surface area contributed by atoms with Crippen LogP contribution >= 0.6 is 24.0 Å². The standard InChI is InChI=1S/C21H20N4OS.CH4S/c1-15-20(22-14-26)23-21(27-15)25(13-16-6-4-3-5-7-16)18-8-9-19-17(12-18)10-11-24(19)2;1-2/h3-12,14H,13H2,1-2H3,(H,22,26);2H,1H3. The highest BCUT2D eigenvalue weighted by Crippen LogP contribution is 2.36. The molecular weight excluding hydrogens is 400 g/mol. The molecule has 2 aromatic carbocycles. The number of aryl methyl sites for hydroxylation is 2. The molecule has 5 nitrogen and oxygen atoms in total. The molecule has 150 valence electrons. The molecule has 0 spiro atoms. The second-order valence-electron chi connectivity index (χ2n) is 6.40. The molecular formula is C22H24N4OS2. The Balaban J connectivity index is 0.00000117. The van der Waals surface area contributed by atoms with E-state index in [0.29, 0.717) is 18.8 Å². The van der Waals surface area contributed by atoms with Gasteiger partial charge in [-0.25, -0.2) is 4.98 Å². The molecule has 0 unspecified atom stereocenters. The van der Waals surface area contributed by atoms with Crippen molar-refractivity contribution < 1.29 is 4.79 Å². The van der Waals surface area contributed by atoms with Crippen LogP contribution in [0.5, 0.6) is 0 Å². The predicted molar refractivity (Wildman–Crippen MR) is 127 cm³/mol. The number of thiol groups is 1. The highest BCUT2D eigenvalue weighted by atomic mass is 32.1. The molecule has 1 N–H and O–H groups in total. The van der Waals surface area contributed by atoms with Gasteiger partial charge in [-0.1, -0.05) is 41.7 Å². The summed E-state index contributed by atoms with van der Waals surface area (Å²) >= 11 is 5.10. The van der Waals surface area contributed by atoms with Crippen LogP contribution in [0, 0.1) is 6.92 Å². The third-order valence-electron chi connectivity index (χ3n) is 4.58. The Morgan fingerprint density at radius 2 is 1.93 bits per heavy atom. The van der Waals surface area contributed by atoms with Crippen molar-refractivity contribution in [2.75, 3.05) is 16.5 Å². The smallest absolute Gasteiger partial charge is 0.212 e. The highest BCUT2D eigenvalue weighted by Gasteiger charge is 2.17. The van der Waals surface area contributed by atoms with Crippen LogP contribution in [-0.2, 0) is 18.4 Å². The second kappa shape index (κ2) is 9.62. The van der Waals surface area contributed by atoms with Crippen molar-refractivity contribution in [2.45, 2.75) is 13.5 Å². The molecule has 0 radical (unpaired) electrons. The lowest BCUT2D eigenvalue weighted by Gasteiger charge is -2.22. The third kappa shape index (κ3) is 4.63. The zero-order valence-electron chi connectivity index (χ0n) is 16.7. The van der Waals surface area contributed by atoms with E-state index < -0.39 is 0 Å². The summed E-state index contributed by atoms with van der Waals surface area (Å²) in [7, 11) is 2.05. The normalized spacial score (nSPS) is 10.3. The van der Waals surface area contributed by atoms with Gasteiger partial charge in [0.15, 0.2) is 5.13 Å². The second-order valence-corrected chi connectivity index (χ2v) is 7.59. The molecule has 2 aromatic heterocycles. The Morgan fingerprint density at radius 3 is 2.66 bits per heavy atom. The van der Waals surface area contributed by atoms with E-state index in [1.807, 2.05) is 32.2 Å². The summed E-state index contributed by atoms with van der Waals surface area (Å²) < 4.78 is 2.11. The van der Waals surface area contributed by atoms with Gasteiger partial charge < -0.3 is 14.8 Å². The minimum Gasteiger partial charge on any atom is -0.351 e. The zero-order valence-corrected chi connectivity index (χ0v) is 18.4. The number of amides is 1. The molecule has 0 aliphatic carbocycles. The summed E-state index contributed by atoms with van der Waals surface area (Å²) in [6.07, 6.45) is 4.43. The maximum absolute atomic E-state index is 10.9. The van der Waals surface area contributed by atoms with Crippen LogP contribution in [-0.4, -0.2) is 22.2 Å². The lowest BCUT2D eigenvalue weighted by atomic mass is 10.2. The topological polar surface area (TPSA) is 50.2 Å². The van der Waals surface area contributed by atoms with E-state index in [-0.39, 0.29) is 0 Å². The van der Waals surface area contributed by atoms with Crippen LogP contribution in [0.3, 0.4) is 0 Å². The summed E-state index contributed by atoms with van der Waals surface area (Å²) in [6, 6.07) is 18.9. The summed E-state index contributed by atoms with van der Waals surface area (Å²) in [5, 5.41) is 4.73. The Bertz CT molecular complexity index is 1090. The van der Waals surface area contributed by atoms with Gasteiger partial charge in [0.05, 0.1) is 6.54 Å². The fourth-order valence-electron chi connectivity index (χ4n) is 3.16. The molecule has 4 rings (SSSR count). The highest BCUT2D eigenvalue weighted by molar-refractivity contribution is 7.79. The van der Waals surface area contributed by atoms with Crippen LogP contribution in [0.1, 0.15) is 10.4 Å². The molecule has 0 saturated carbocycles. The molecule has 0 saturated heterocycles. The molecule has 0 aliphatic heterocycles. The molecule has 29 heavy (non-hydrogen) atoms. The Morgan fingerprint density at radius 1 is 1.17 bits per heavy atom. The molecule has 4 aromatic rings. The number of benzene rings is 2. The van der Waals surface area contributed by atoms with Crippen molar-refractivity contribution in [3.05, 3.63) is 71.2 Å². The van der Waals surface area contributed by atoms with Crippen molar-refractivity contribution in [3.63, 3.8) is 0 Å². The summed E-state index contributed by atoms with van der Waals surface area (Å²) in [6.45, 7) is 2.67. The van der Waals surface area contributed by atoms with Gasteiger partial charge in [0.1, 0.15) is 5.82 Å². The maximum atomic E-state index is 10.9. The van der Waals surface area contributed by atoms with E-state index in [9.17, 15) is 4.79 Å². The van der Waals surface area contributed by atoms with Gasteiger partial charge in [-0.2, -0.15) is 12.6 Å². The number of hydrogen-bond acceptors (Lipinski definition) is 5. The Kier molecular flexibility index (Phi) is 6.95. The van der Waals surface area contributed by atoms with E-state index in [4.69, 9.17) is 0 Å². The van der Waals surface area contributed by atoms with Crippen LogP contribution in [0.2, 0.25) is 0 Å². The first-order valence-electron chi connectivity index (χ1n) is 9.14. The molecule has 1 amide bonds. The fourth-order valence-corrected chi connectivity index (χ4v) is 4.05. The number of thiazole rings is 1. The van der Waals surface area contributed by atoms with Crippen molar-refractivity contribution >= 4 is 57.9 Å². The number of anilines is 3. The molecule has 0 fully saturated rings. The van der Waals surface area contributed by atoms with Crippen LogP contribution in [0.15, 0.2) is 60.8 Å². The van der Waals surface area contributed by atoms with Gasteiger partial charge >= 0.3 is 0 Å². The number of aromatic nitrogens is 2. The van der Waals surface area contributed by atoms with Crippen LogP contribution in [0.4, 0.5) is 16.6 Å². The first-order valence-corrected chi connectivity index (χ1v) is 10.9. The van der Waals surface area contributed by atoms with Crippen LogP contribution in [0.25, 0.3) is 10.9 Å². The minimum absolute atomic E-state index is 0.615. The third-order valence-corrected chi connectivity index (χ3v) is 5.57. The molecule has 7 heteroatoms. The number of nitrogens with one attached hydrogen (secondary N) is 1. The van der Waals surface area contributed by atoms with Gasteiger partial charge in [0, 0.05) is 34.7 Å². The van der Waals surface area contributed by atoms with Gasteiger partial charge in [0.25, 0.3) is 0 Å². The van der Waals surface area contributed by atoms with Gasteiger partial charge in [-0.15, -0.1) is 0 Å². The van der Waals surface area contributed by atoms with E-state index in [1.54, 1.807) is 17.6 Å². The lowest BCUT2D eigenvalue weighted by molar-refractivity contribution is -0.105. The van der Waals surface area contributed by atoms with Gasteiger partial charge in [0.2, 0.25) is 6.41 Å². The van der Waals surface area contributed by atoms with Crippen molar-refractivity contribution in [3.8, 4) is 0 Å². The predicted octanol–water partition coefficient (Wildman–Crippen LogP) is 5.40. The molecule has 2 heterocycles. The summed E-state index contributed by atoms with van der Waals surface area (Å²) in [5.41, 5.74) is 3.46. The fraction of sp³-hybridized carbons (Fsp3) is 0.182. The minimum atomic E-state index is 0.615. The molecule has 0 bridgehead atoms. The number of fused-ring (bicyclic) bond motifs is 1. The summed E-state index contributed by atoms with van der Waals surface area (Å²) in [4.78, 5) is 18.7. The lowest BCUT2D eigenvalue weighted by Crippen LogP contribution is -2.16. The van der Waals surface area contributed by atoms with E-state index in [2.05, 4.69) is 75.0 Å². The first-order chi connectivity index (χ1) is 14.2. The van der Waals surface area contributed by atoms with Gasteiger partial charge in [-0.3, -0.25) is 4.79 Å². The SMILES string of the molecule is CS.Cc1sc(N(Cc2ccccc2)c2ccc3c(ccn3C)c2)nc1NC=O. The van der Waals surface area contributed by atoms with Crippen molar-refractivity contribution in [2.24, 2.45) is 7.05 Å². The largest absolute Gasteiger partial charge is 0.351 e. The Hall–Kier alpha value is -2.77. The van der Waals surface area contributed by atoms with E-state index >= 15 is 0 Å². The Labute approximate surface area is 180 Å². The average Bonchev–Trinajstić information content (AvgIpc) is 3.31. The number of carbonyl (C=O) groups excluding carboxylic acids is 1. The van der Waals surface area contributed by atoms with Crippen LogP contribution < -0.4 is 10.2 Å². The number of carbonyl (C=O) groups is 1. The van der Waals surface area contributed by atoms with Crippen molar-refractivity contribution in [1.82, 2.24) is 9.55 Å². The maximum Gasteiger partial charge on any atom is 0.212 e. The number of hydrogen-bond donors (Lipinski definition) is 2. The number of nitrogens with zero attached hydrogens (tertiary/aromatic N) is 3. The zero-order chi connectivity index (χ0) is 20.8.